The highest BCUT2D eigenvalue weighted by molar-refractivity contribution is 14.1. The Labute approximate surface area is 103 Å². The molecule has 0 saturated carbocycles. The molecule has 0 spiro atoms. The summed E-state index contributed by atoms with van der Waals surface area (Å²) in [5, 5.41) is 4.05. The van der Waals surface area contributed by atoms with Crippen LogP contribution in [0.15, 0.2) is 35.4 Å². The van der Waals surface area contributed by atoms with Crippen molar-refractivity contribution in [2.45, 2.75) is 6.55 Å². The van der Waals surface area contributed by atoms with E-state index in [9.17, 15) is 13.6 Å². The zero-order valence-electron chi connectivity index (χ0n) is 7.85. The predicted octanol–water partition coefficient (Wildman–Crippen LogP) is 2.03. The van der Waals surface area contributed by atoms with E-state index in [4.69, 9.17) is 0 Å². The third kappa shape index (κ3) is 2.13. The molecule has 84 valence electrons. The molecule has 0 aliphatic rings. The van der Waals surface area contributed by atoms with Gasteiger partial charge >= 0.3 is 6.55 Å². The summed E-state index contributed by atoms with van der Waals surface area (Å²) in [6.07, 6.45) is 2.72. The van der Waals surface area contributed by atoms with Crippen molar-refractivity contribution in [2.75, 3.05) is 0 Å². The topological polar surface area (TPSA) is 39.8 Å². The molecule has 0 fully saturated rings. The van der Waals surface area contributed by atoms with Crippen LogP contribution in [0.25, 0.3) is 5.69 Å². The molecule has 16 heavy (non-hydrogen) atoms. The van der Waals surface area contributed by atoms with Crippen LogP contribution in [0.1, 0.15) is 6.55 Å². The number of pyridine rings is 1. The van der Waals surface area contributed by atoms with E-state index in [0.717, 1.165) is 16.0 Å². The fourth-order valence-electron chi connectivity index (χ4n) is 1.23. The highest BCUT2D eigenvalue weighted by Crippen LogP contribution is 2.11. The minimum absolute atomic E-state index is 0.365. The molecule has 0 aliphatic carbocycles. The Morgan fingerprint density at radius 3 is 2.62 bits per heavy atom. The first-order chi connectivity index (χ1) is 7.58. The van der Waals surface area contributed by atoms with E-state index in [2.05, 4.69) is 5.10 Å². The van der Waals surface area contributed by atoms with E-state index in [-0.39, 0.29) is 0 Å². The van der Waals surface area contributed by atoms with Gasteiger partial charge in [-0.15, -0.1) is 0 Å². The lowest BCUT2D eigenvalue weighted by molar-refractivity contribution is 0.0663. The van der Waals surface area contributed by atoms with Gasteiger partial charge in [-0.25, -0.2) is 4.68 Å². The number of alkyl halides is 2. The van der Waals surface area contributed by atoms with Crippen LogP contribution >= 0.6 is 22.6 Å². The summed E-state index contributed by atoms with van der Waals surface area (Å²) >= 11 is 2.01. The molecule has 2 heterocycles. The van der Waals surface area contributed by atoms with Crippen LogP contribution in [-0.2, 0) is 0 Å². The van der Waals surface area contributed by atoms with Crippen molar-refractivity contribution in [1.29, 1.82) is 0 Å². The maximum atomic E-state index is 12.5. The summed E-state index contributed by atoms with van der Waals surface area (Å²) in [6, 6.07) is 4.28. The predicted molar refractivity (Wildman–Crippen MR) is 61.8 cm³/mol. The first kappa shape index (κ1) is 11.2. The van der Waals surface area contributed by atoms with Gasteiger partial charge in [-0.2, -0.15) is 13.9 Å². The van der Waals surface area contributed by atoms with Gasteiger partial charge in [0.1, 0.15) is 3.70 Å². The van der Waals surface area contributed by atoms with Gasteiger partial charge in [0, 0.05) is 18.5 Å². The summed E-state index contributed by atoms with van der Waals surface area (Å²) < 4.78 is 27.5. The average Bonchev–Trinajstić information content (AvgIpc) is 2.65. The fourth-order valence-corrected chi connectivity index (χ4v) is 1.62. The van der Waals surface area contributed by atoms with Gasteiger partial charge in [-0.1, -0.05) is 0 Å². The monoisotopic (exact) mass is 337 g/mol. The molecule has 0 aliphatic heterocycles. The lowest BCUT2D eigenvalue weighted by Crippen LogP contribution is -2.20. The summed E-state index contributed by atoms with van der Waals surface area (Å²) in [5.74, 6) is 0. The molecule has 7 heteroatoms. The van der Waals surface area contributed by atoms with Crippen LogP contribution in [-0.4, -0.2) is 14.3 Å². The Morgan fingerprint density at radius 2 is 2.06 bits per heavy atom. The lowest BCUT2D eigenvalue weighted by Gasteiger charge is -2.06. The Balaban J connectivity index is 2.51. The molecule has 0 saturated heterocycles. The summed E-state index contributed by atoms with van der Waals surface area (Å²) in [6.45, 7) is -2.85. The molecular weight excluding hydrogens is 331 g/mol. The van der Waals surface area contributed by atoms with Crippen molar-refractivity contribution in [3.63, 3.8) is 0 Å². The van der Waals surface area contributed by atoms with Crippen molar-refractivity contribution in [3.8, 4) is 5.69 Å². The Morgan fingerprint density at radius 1 is 1.31 bits per heavy atom. The number of hydrogen-bond acceptors (Lipinski definition) is 2. The van der Waals surface area contributed by atoms with Crippen molar-refractivity contribution < 1.29 is 8.78 Å². The average molecular weight is 337 g/mol. The molecule has 2 aromatic rings. The van der Waals surface area contributed by atoms with E-state index in [1.54, 1.807) is 12.3 Å². The number of rotatable bonds is 2. The zero-order valence-corrected chi connectivity index (χ0v) is 10.0. The number of aromatic nitrogens is 3. The summed E-state index contributed by atoms with van der Waals surface area (Å²) in [7, 11) is 0. The number of nitrogens with zero attached hydrogens (tertiary/aromatic N) is 3. The molecule has 0 amide bonds. The third-order valence-electron chi connectivity index (χ3n) is 1.95. The zero-order chi connectivity index (χ0) is 11.7. The van der Waals surface area contributed by atoms with Crippen molar-refractivity contribution in [3.05, 3.63) is 44.6 Å². The molecule has 0 bridgehead atoms. The second-order valence-electron chi connectivity index (χ2n) is 2.99. The van der Waals surface area contributed by atoms with Crippen molar-refractivity contribution in [1.82, 2.24) is 14.3 Å². The molecule has 0 atom stereocenters. The van der Waals surface area contributed by atoms with Crippen LogP contribution in [0, 0.1) is 3.70 Å². The lowest BCUT2D eigenvalue weighted by atomic mass is 10.4. The van der Waals surface area contributed by atoms with Gasteiger partial charge in [-0.3, -0.25) is 9.36 Å². The van der Waals surface area contributed by atoms with Crippen LogP contribution < -0.4 is 5.56 Å². The number of hydrogen-bond donors (Lipinski definition) is 0. The van der Waals surface area contributed by atoms with Gasteiger partial charge < -0.3 is 0 Å². The van der Waals surface area contributed by atoms with Crippen LogP contribution in [0.2, 0.25) is 0 Å². The Kier molecular flexibility index (Phi) is 3.03. The molecule has 2 rings (SSSR count). The van der Waals surface area contributed by atoms with Crippen molar-refractivity contribution in [2.24, 2.45) is 0 Å². The van der Waals surface area contributed by atoms with Gasteiger partial charge in [0.05, 0.1) is 5.69 Å². The third-order valence-corrected chi connectivity index (χ3v) is 2.53. The molecule has 0 aromatic carbocycles. The van der Waals surface area contributed by atoms with Crippen LogP contribution in [0.4, 0.5) is 8.78 Å². The molecule has 0 radical (unpaired) electrons. The maximum Gasteiger partial charge on any atom is 0.321 e. The Bertz CT molecular complexity index is 564. The molecule has 0 unspecified atom stereocenters. The fraction of sp³-hybridized carbons (Fsp3) is 0.111. The number of halogens is 3. The van der Waals surface area contributed by atoms with E-state index in [1.807, 2.05) is 22.6 Å². The highest BCUT2D eigenvalue weighted by atomic mass is 127. The standard InChI is InChI=1S/C9H6F2IN3O/c10-9(11)14-5-6(1-2-8(14)16)15-4-3-7(12)13-15/h1-5,9H. The van der Waals surface area contributed by atoms with Gasteiger partial charge in [0.25, 0.3) is 5.56 Å². The Hall–Kier alpha value is -1.25. The van der Waals surface area contributed by atoms with E-state index in [0.29, 0.717) is 10.3 Å². The highest BCUT2D eigenvalue weighted by Gasteiger charge is 2.09. The van der Waals surface area contributed by atoms with Crippen LogP contribution in [0.3, 0.4) is 0 Å². The quantitative estimate of drug-likeness (QED) is 0.787. The summed E-state index contributed by atoms with van der Waals surface area (Å²) in [4.78, 5) is 11.1. The molecule has 0 N–H and O–H groups in total. The van der Waals surface area contributed by atoms with Gasteiger partial charge in [0.2, 0.25) is 0 Å². The molecule has 4 nitrogen and oxygen atoms in total. The van der Waals surface area contributed by atoms with Gasteiger partial charge in [0.15, 0.2) is 0 Å². The minimum Gasteiger partial charge on any atom is -0.269 e. The largest absolute Gasteiger partial charge is 0.321 e. The van der Waals surface area contributed by atoms with E-state index < -0.39 is 12.1 Å². The SMILES string of the molecule is O=c1ccc(-n2ccc(I)n2)cn1C(F)F. The van der Waals surface area contributed by atoms with E-state index in [1.165, 1.54) is 10.7 Å². The van der Waals surface area contributed by atoms with E-state index >= 15 is 0 Å². The maximum absolute atomic E-state index is 12.5. The van der Waals surface area contributed by atoms with Crippen LogP contribution in [0.5, 0.6) is 0 Å². The summed E-state index contributed by atoms with van der Waals surface area (Å²) in [5.41, 5.74) is -0.316. The first-order valence-corrected chi connectivity index (χ1v) is 5.38. The smallest absolute Gasteiger partial charge is 0.269 e. The molecular formula is C9H6F2IN3O. The van der Waals surface area contributed by atoms with Gasteiger partial charge in [-0.05, 0) is 34.7 Å². The second-order valence-corrected chi connectivity index (χ2v) is 4.10. The van der Waals surface area contributed by atoms with Crippen molar-refractivity contribution >= 4 is 22.6 Å². The molecule has 2 aromatic heterocycles. The first-order valence-electron chi connectivity index (χ1n) is 4.30. The second kappa shape index (κ2) is 4.32. The normalized spacial score (nSPS) is 11.0. The minimum atomic E-state index is -2.85.